The third-order valence-corrected chi connectivity index (χ3v) is 6.50. The molecule has 1 amide bonds. The molecule has 3 rings (SSSR count). The van der Waals surface area contributed by atoms with Crippen LogP contribution in [0, 0.1) is 23.2 Å². The first-order valence-electron chi connectivity index (χ1n) is 8.50. The van der Waals surface area contributed by atoms with Gasteiger partial charge in [-0.25, -0.2) is 0 Å². The van der Waals surface area contributed by atoms with Gasteiger partial charge in [-0.2, -0.15) is 0 Å². The highest BCUT2D eigenvalue weighted by molar-refractivity contribution is 6.30. The molecule has 0 radical (unpaired) electrons. The van der Waals surface area contributed by atoms with E-state index in [1.807, 2.05) is 26.0 Å². The molecule has 0 spiro atoms. The molecule has 126 valence electrons. The summed E-state index contributed by atoms with van der Waals surface area (Å²) < 4.78 is 0. The van der Waals surface area contributed by atoms with Gasteiger partial charge in [0.25, 0.3) is 0 Å². The summed E-state index contributed by atoms with van der Waals surface area (Å²) in [6, 6.07) is 8.18. The van der Waals surface area contributed by atoms with Crippen molar-refractivity contribution in [3.05, 3.63) is 34.9 Å². The minimum absolute atomic E-state index is 0.211. The van der Waals surface area contributed by atoms with Crippen LogP contribution in [0.15, 0.2) is 24.3 Å². The zero-order chi connectivity index (χ0) is 16.6. The predicted molar refractivity (Wildman–Crippen MR) is 95.9 cm³/mol. The van der Waals surface area contributed by atoms with Crippen LogP contribution in [-0.2, 0) is 11.2 Å². The maximum Gasteiger partial charge on any atom is 0.229 e. The van der Waals surface area contributed by atoms with Crippen LogP contribution in [0.25, 0.3) is 0 Å². The van der Waals surface area contributed by atoms with Crippen LogP contribution >= 0.6 is 23.2 Å². The van der Waals surface area contributed by atoms with Crippen molar-refractivity contribution in [3.8, 4) is 0 Å². The van der Waals surface area contributed by atoms with Gasteiger partial charge in [0.05, 0.1) is 5.41 Å². The zero-order valence-electron chi connectivity index (χ0n) is 13.9. The average Bonchev–Trinajstić information content (AvgIpc) is 3.08. The van der Waals surface area contributed by atoms with E-state index in [9.17, 15) is 4.79 Å². The summed E-state index contributed by atoms with van der Waals surface area (Å²) in [4.78, 5) is 14.7. The Morgan fingerprint density at radius 1 is 1.30 bits per heavy atom. The van der Waals surface area contributed by atoms with Crippen molar-refractivity contribution in [2.75, 3.05) is 19.0 Å². The summed E-state index contributed by atoms with van der Waals surface area (Å²) in [5, 5.41) is 0.809. The van der Waals surface area contributed by atoms with Crippen LogP contribution in [0.2, 0.25) is 5.02 Å². The van der Waals surface area contributed by atoms with E-state index >= 15 is 0 Å². The first kappa shape index (κ1) is 17.1. The molecule has 4 heteroatoms. The molecular weight excluding hydrogens is 329 g/mol. The highest BCUT2D eigenvalue weighted by Gasteiger charge is 2.45. The Morgan fingerprint density at radius 3 is 2.78 bits per heavy atom. The lowest BCUT2D eigenvalue weighted by Crippen LogP contribution is -2.41. The van der Waals surface area contributed by atoms with E-state index < -0.39 is 5.41 Å². The van der Waals surface area contributed by atoms with Crippen LogP contribution in [-0.4, -0.2) is 29.8 Å². The minimum Gasteiger partial charge on any atom is -0.342 e. The van der Waals surface area contributed by atoms with E-state index in [1.165, 1.54) is 18.4 Å². The Bertz CT molecular complexity index is 586. The first-order chi connectivity index (χ1) is 10.9. The van der Waals surface area contributed by atoms with E-state index in [4.69, 9.17) is 23.2 Å². The van der Waals surface area contributed by atoms with Crippen LogP contribution < -0.4 is 0 Å². The fourth-order valence-electron chi connectivity index (χ4n) is 4.25. The van der Waals surface area contributed by atoms with E-state index in [-0.39, 0.29) is 5.91 Å². The van der Waals surface area contributed by atoms with Crippen molar-refractivity contribution in [2.45, 2.75) is 33.1 Å². The van der Waals surface area contributed by atoms with Gasteiger partial charge in [0.2, 0.25) is 5.91 Å². The summed E-state index contributed by atoms with van der Waals surface area (Å²) >= 11 is 12.1. The quantitative estimate of drug-likeness (QED) is 0.722. The fourth-order valence-corrected chi connectivity index (χ4v) is 4.58. The summed E-state index contributed by atoms with van der Waals surface area (Å²) in [7, 11) is 0. The number of likely N-dealkylation sites (tertiary alicyclic amines) is 1. The number of nitrogens with zero attached hydrogens (tertiary/aromatic N) is 1. The SMILES string of the molecule is CC(C)(CCl)C(=O)N1C[C@H]2CC[C@H](Cc3cccc(Cl)c3)[C@H]2C1. The third kappa shape index (κ3) is 3.53. The number of amides is 1. The Kier molecular flexibility index (Phi) is 4.94. The van der Waals surface area contributed by atoms with Gasteiger partial charge in [-0.05, 0) is 68.6 Å². The molecule has 1 aliphatic carbocycles. The number of carbonyl (C=O) groups excluding carboxylic acids is 1. The Hall–Kier alpha value is -0.730. The Balaban J connectivity index is 1.66. The molecule has 0 N–H and O–H groups in total. The summed E-state index contributed by atoms with van der Waals surface area (Å²) in [6.45, 7) is 5.70. The smallest absolute Gasteiger partial charge is 0.229 e. The number of halogens is 2. The number of carbonyl (C=O) groups is 1. The lowest BCUT2D eigenvalue weighted by Gasteiger charge is -2.28. The number of hydrogen-bond donors (Lipinski definition) is 0. The number of hydrogen-bond acceptors (Lipinski definition) is 1. The van der Waals surface area contributed by atoms with Gasteiger partial charge < -0.3 is 4.90 Å². The van der Waals surface area contributed by atoms with Crippen molar-refractivity contribution < 1.29 is 4.79 Å². The van der Waals surface area contributed by atoms with Gasteiger partial charge in [0.1, 0.15) is 0 Å². The molecule has 1 saturated carbocycles. The van der Waals surface area contributed by atoms with Crippen molar-refractivity contribution in [1.82, 2.24) is 4.90 Å². The number of alkyl halides is 1. The number of benzene rings is 1. The van der Waals surface area contributed by atoms with E-state index in [1.54, 1.807) is 0 Å². The number of rotatable bonds is 4. The maximum absolute atomic E-state index is 12.7. The van der Waals surface area contributed by atoms with Crippen molar-refractivity contribution in [2.24, 2.45) is 23.2 Å². The molecule has 1 heterocycles. The average molecular weight is 354 g/mol. The molecule has 2 nitrogen and oxygen atoms in total. The summed E-state index contributed by atoms with van der Waals surface area (Å²) in [5.74, 6) is 2.54. The maximum atomic E-state index is 12.7. The van der Waals surface area contributed by atoms with Crippen LogP contribution in [0.1, 0.15) is 32.3 Å². The lowest BCUT2D eigenvalue weighted by atomic mass is 9.87. The van der Waals surface area contributed by atoms with Gasteiger partial charge in [-0.1, -0.05) is 23.7 Å². The third-order valence-electron chi connectivity index (χ3n) is 5.59. The summed E-state index contributed by atoms with van der Waals surface area (Å²) in [6.07, 6.45) is 3.58. The Labute approximate surface area is 149 Å². The molecule has 2 fully saturated rings. The van der Waals surface area contributed by atoms with Crippen LogP contribution in [0.3, 0.4) is 0 Å². The molecule has 1 saturated heterocycles. The number of fused-ring (bicyclic) bond motifs is 1. The molecule has 2 aliphatic rings. The zero-order valence-corrected chi connectivity index (χ0v) is 15.4. The molecule has 0 unspecified atom stereocenters. The minimum atomic E-state index is -0.456. The largest absolute Gasteiger partial charge is 0.342 e. The highest BCUT2D eigenvalue weighted by Crippen LogP contribution is 2.44. The molecule has 3 atom stereocenters. The molecule has 23 heavy (non-hydrogen) atoms. The van der Waals surface area contributed by atoms with Crippen molar-refractivity contribution in [1.29, 1.82) is 0 Å². The second kappa shape index (κ2) is 6.64. The van der Waals surface area contributed by atoms with Gasteiger partial charge in [0, 0.05) is 24.0 Å². The summed E-state index contributed by atoms with van der Waals surface area (Å²) in [5.41, 5.74) is 0.858. The molecule has 1 aromatic carbocycles. The standard InChI is InChI=1S/C19H25Cl2NO/c1-19(2,12-20)18(23)22-10-15-7-6-14(17(15)11-22)8-13-4-3-5-16(21)9-13/h3-5,9,14-15,17H,6-8,10-12H2,1-2H3/t14-,15-,17-/m1/s1. The molecule has 1 aromatic rings. The van der Waals surface area contributed by atoms with Crippen LogP contribution in [0.4, 0.5) is 0 Å². The first-order valence-corrected chi connectivity index (χ1v) is 9.42. The monoisotopic (exact) mass is 353 g/mol. The van der Waals surface area contributed by atoms with E-state index in [2.05, 4.69) is 17.0 Å². The predicted octanol–water partition coefficient (Wildman–Crippen LogP) is 4.63. The molecule has 0 aromatic heterocycles. The van der Waals surface area contributed by atoms with E-state index in [0.717, 1.165) is 24.5 Å². The van der Waals surface area contributed by atoms with Crippen molar-refractivity contribution in [3.63, 3.8) is 0 Å². The topological polar surface area (TPSA) is 20.3 Å². The molecule has 0 bridgehead atoms. The van der Waals surface area contributed by atoms with Gasteiger partial charge in [0.15, 0.2) is 0 Å². The second-order valence-electron chi connectivity index (χ2n) is 7.82. The highest BCUT2D eigenvalue weighted by atomic mass is 35.5. The van der Waals surface area contributed by atoms with Crippen LogP contribution in [0.5, 0.6) is 0 Å². The van der Waals surface area contributed by atoms with Gasteiger partial charge >= 0.3 is 0 Å². The van der Waals surface area contributed by atoms with E-state index in [0.29, 0.717) is 23.6 Å². The normalized spacial score (nSPS) is 27.3. The van der Waals surface area contributed by atoms with Gasteiger partial charge in [-0.3, -0.25) is 4.79 Å². The lowest BCUT2D eigenvalue weighted by molar-refractivity contribution is -0.138. The fraction of sp³-hybridized carbons (Fsp3) is 0.632. The Morgan fingerprint density at radius 2 is 2.09 bits per heavy atom. The second-order valence-corrected chi connectivity index (χ2v) is 8.53. The molecule has 1 aliphatic heterocycles. The molecular formula is C19H25Cl2NO. The van der Waals surface area contributed by atoms with Gasteiger partial charge in [-0.15, -0.1) is 11.6 Å². The van der Waals surface area contributed by atoms with Crippen molar-refractivity contribution >= 4 is 29.1 Å².